The van der Waals surface area contributed by atoms with Crippen LogP contribution in [0.15, 0.2) is 30.3 Å². The van der Waals surface area contributed by atoms with Gasteiger partial charge in [-0.2, -0.15) is 5.10 Å². The van der Waals surface area contributed by atoms with Gasteiger partial charge in [0.2, 0.25) is 0 Å². The highest BCUT2D eigenvalue weighted by Gasteiger charge is 2.19. The van der Waals surface area contributed by atoms with Crippen LogP contribution in [-0.4, -0.2) is 22.4 Å². The molecule has 1 atom stereocenters. The van der Waals surface area contributed by atoms with Gasteiger partial charge in [0, 0.05) is 31.4 Å². The SMILES string of the molecule is Cc1cc(NCC2Cc3ccccc3N2)n(C)n1. The van der Waals surface area contributed by atoms with Crippen LogP contribution in [0.3, 0.4) is 0 Å². The first kappa shape index (κ1) is 11.1. The minimum atomic E-state index is 0.456. The number of aryl methyl sites for hydroxylation is 2. The lowest BCUT2D eigenvalue weighted by molar-refractivity contribution is 0.737. The van der Waals surface area contributed by atoms with Crippen LogP contribution in [0, 0.1) is 6.92 Å². The van der Waals surface area contributed by atoms with E-state index in [1.807, 2.05) is 18.7 Å². The third-order valence-electron chi connectivity index (χ3n) is 3.37. The fourth-order valence-corrected chi connectivity index (χ4v) is 2.50. The van der Waals surface area contributed by atoms with Crippen molar-refractivity contribution in [2.24, 2.45) is 7.05 Å². The van der Waals surface area contributed by atoms with Gasteiger partial charge in [0.15, 0.2) is 0 Å². The second-order valence-electron chi connectivity index (χ2n) is 4.88. The van der Waals surface area contributed by atoms with Crippen molar-refractivity contribution < 1.29 is 0 Å². The zero-order chi connectivity index (χ0) is 12.5. The number of fused-ring (bicyclic) bond motifs is 1. The first-order valence-corrected chi connectivity index (χ1v) is 6.31. The summed E-state index contributed by atoms with van der Waals surface area (Å²) in [5.41, 5.74) is 3.72. The molecule has 1 aromatic carbocycles. The fourth-order valence-electron chi connectivity index (χ4n) is 2.50. The summed E-state index contributed by atoms with van der Waals surface area (Å²) in [6.45, 7) is 2.92. The lowest BCUT2D eigenvalue weighted by atomic mass is 10.1. The van der Waals surface area contributed by atoms with Crippen molar-refractivity contribution in [3.8, 4) is 0 Å². The van der Waals surface area contributed by atoms with Gasteiger partial charge >= 0.3 is 0 Å². The van der Waals surface area contributed by atoms with E-state index in [-0.39, 0.29) is 0 Å². The van der Waals surface area contributed by atoms with Crippen LogP contribution in [0.4, 0.5) is 11.5 Å². The summed E-state index contributed by atoms with van der Waals surface area (Å²) in [6.07, 6.45) is 1.08. The molecule has 0 radical (unpaired) electrons. The number of rotatable bonds is 3. The molecular weight excluding hydrogens is 224 g/mol. The zero-order valence-corrected chi connectivity index (χ0v) is 10.8. The quantitative estimate of drug-likeness (QED) is 0.867. The van der Waals surface area contributed by atoms with E-state index >= 15 is 0 Å². The van der Waals surface area contributed by atoms with Gasteiger partial charge in [0.05, 0.1) is 5.69 Å². The van der Waals surface area contributed by atoms with Crippen LogP contribution in [0.5, 0.6) is 0 Å². The molecule has 0 saturated heterocycles. The highest BCUT2D eigenvalue weighted by atomic mass is 15.3. The predicted molar refractivity (Wildman–Crippen MR) is 74.0 cm³/mol. The number of para-hydroxylation sites is 1. The predicted octanol–water partition coefficient (Wildman–Crippen LogP) is 2.18. The molecule has 1 aliphatic heterocycles. The first-order chi connectivity index (χ1) is 8.72. The summed E-state index contributed by atoms with van der Waals surface area (Å²) < 4.78 is 1.89. The molecule has 0 saturated carbocycles. The van der Waals surface area contributed by atoms with Gasteiger partial charge in [0.25, 0.3) is 0 Å². The number of hydrogen-bond acceptors (Lipinski definition) is 3. The molecule has 0 spiro atoms. The average molecular weight is 242 g/mol. The van der Waals surface area contributed by atoms with Crippen LogP contribution >= 0.6 is 0 Å². The Kier molecular flexibility index (Phi) is 2.70. The summed E-state index contributed by atoms with van der Waals surface area (Å²) in [5, 5.41) is 11.3. The second kappa shape index (κ2) is 4.37. The normalized spacial score (nSPS) is 17.3. The van der Waals surface area contributed by atoms with Crippen LogP contribution in [-0.2, 0) is 13.5 Å². The molecular formula is C14H18N4. The minimum absolute atomic E-state index is 0.456. The molecule has 2 N–H and O–H groups in total. The molecule has 4 heteroatoms. The van der Waals surface area contributed by atoms with Crippen molar-refractivity contribution in [1.29, 1.82) is 0 Å². The molecule has 1 aromatic heterocycles. The summed E-state index contributed by atoms with van der Waals surface area (Å²) >= 11 is 0. The van der Waals surface area contributed by atoms with Crippen molar-refractivity contribution in [2.45, 2.75) is 19.4 Å². The summed E-state index contributed by atoms with van der Waals surface area (Å²) in [5.74, 6) is 1.07. The molecule has 94 valence electrons. The number of anilines is 2. The maximum atomic E-state index is 4.33. The maximum Gasteiger partial charge on any atom is 0.124 e. The molecule has 3 rings (SSSR count). The minimum Gasteiger partial charge on any atom is -0.380 e. The van der Waals surface area contributed by atoms with Gasteiger partial charge in [-0.25, -0.2) is 0 Å². The second-order valence-corrected chi connectivity index (χ2v) is 4.88. The lowest BCUT2D eigenvalue weighted by Crippen LogP contribution is -2.26. The number of nitrogens with zero attached hydrogens (tertiary/aromatic N) is 2. The van der Waals surface area contributed by atoms with Gasteiger partial charge in [0.1, 0.15) is 5.82 Å². The van der Waals surface area contributed by atoms with E-state index in [2.05, 4.69) is 46.1 Å². The smallest absolute Gasteiger partial charge is 0.124 e. The van der Waals surface area contributed by atoms with E-state index in [0.717, 1.165) is 24.5 Å². The summed E-state index contributed by atoms with van der Waals surface area (Å²) in [4.78, 5) is 0. The van der Waals surface area contributed by atoms with E-state index < -0.39 is 0 Å². The number of benzene rings is 1. The van der Waals surface area contributed by atoms with Crippen molar-refractivity contribution in [3.63, 3.8) is 0 Å². The first-order valence-electron chi connectivity index (χ1n) is 6.31. The van der Waals surface area contributed by atoms with Crippen molar-refractivity contribution in [2.75, 3.05) is 17.2 Å². The van der Waals surface area contributed by atoms with Gasteiger partial charge in [-0.3, -0.25) is 4.68 Å². The molecule has 2 heterocycles. The molecule has 0 fully saturated rings. The molecule has 4 nitrogen and oxygen atoms in total. The van der Waals surface area contributed by atoms with Crippen molar-refractivity contribution >= 4 is 11.5 Å². The largest absolute Gasteiger partial charge is 0.380 e. The molecule has 18 heavy (non-hydrogen) atoms. The third-order valence-corrected chi connectivity index (χ3v) is 3.37. The zero-order valence-electron chi connectivity index (χ0n) is 10.8. The molecule has 0 amide bonds. The molecule has 1 unspecified atom stereocenters. The standard InChI is InChI=1S/C14H18N4/c1-10-7-14(18(2)17-10)15-9-12-8-11-5-3-4-6-13(11)16-12/h3-7,12,15-16H,8-9H2,1-2H3. The Labute approximate surface area is 107 Å². The van der Waals surface area contributed by atoms with Gasteiger partial charge < -0.3 is 10.6 Å². The van der Waals surface area contributed by atoms with Crippen LogP contribution in [0.1, 0.15) is 11.3 Å². The topological polar surface area (TPSA) is 41.9 Å². The number of nitrogens with one attached hydrogen (secondary N) is 2. The van der Waals surface area contributed by atoms with E-state index in [9.17, 15) is 0 Å². The maximum absolute atomic E-state index is 4.33. The Balaban J connectivity index is 1.62. The Morgan fingerprint density at radius 1 is 1.44 bits per heavy atom. The molecule has 0 bridgehead atoms. The summed E-state index contributed by atoms with van der Waals surface area (Å²) in [6, 6.07) is 11.0. The van der Waals surface area contributed by atoms with Gasteiger partial charge in [-0.05, 0) is 25.0 Å². The average Bonchev–Trinajstić information content (AvgIpc) is 2.89. The van der Waals surface area contributed by atoms with Crippen molar-refractivity contribution in [3.05, 3.63) is 41.6 Å². The van der Waals surface area contributed by atoms with Gasteiger partial charge in [-0.1, -0.05) is 18.2 Å². The van der Waals surface area contributed by atoms with E-state index in [1.54, 1.807) is 0 Å². The fraction of sp³-hybridized carbons (Fsp3) is 0.357. The van der Waals surface area contributed by atoms with Crippen LogP contribution < -0.4 is 10.6 Å². The lowest BCUT2D eigenvalue weighted by Gasteiger charge is -2.13. The molecule has 1 aliphatic rings. The van der Waals surface area contributed by atoms with Crippen LogP contribution in [0.2, 0.25) is 0 Å². The van der Waals surface area contributed by atoms with Crippen molar-refractivity contribution in [1.82, 2.24) is 9.78 Å². The third kappa shape index (κ3) is 2.06. The van der Waals surface area contributed by atoms with E-state index in [4.69, 9.17) is 0 Å². The molecule has 2 aromatic rings. The number of aromatic nitrogens is 2. The Morgan fingerprint density at radius 3 is 3.00 bits per heavy atom. The van der Waals surface area contributed by atoms with E-state index in [0.29, 0.717) is 6.04 Å². The highest BCUT2D eigenvalue weighted by molar-refractivity contribution is 5.57. The number of hydrogen-bond donors (Lipinski definition) is 2. The Morgan fingerprint density at radius 2 is 2.28 bits per heavy atom. The summed E-state index contributed by atoms with van der Waals surface area (Å²) in [7, 11) is 1.96. The monoisotopic (exact) mass is 242 g/mol. The van der Waals surface area contributed by atoms with Gasteiger partial charge in [-0.15, -0.1) is 0 Å². The van der Waals surface area contributed by atoms with Crippen LogP contribution in [0.25, 0.3) is 0 Å². The highest BCUT2D eigenvalue weighted by Crippen LogP contribution is 2.25. The Bertz CT molecular complexity index is 534. The van der Waals surface area contributed by atoms with E-state index in [1.165, 1.54) is 11.3 Å². The molecule has 0 aliphatic carbocycles. The Hall–Kier alpha value is -1.97.